The van der Waals surface area contributed by atoms with Gasteiger partial charge in [-0.2, -0.15) is 0 Å². The molecule has 0 amide bonds. The molecule has 0 saturated carbocycles. The quantitative estimate of drug-likeness (QED) is 0.396. The molecule has 2 aromatic carbocycles. The van der Waals surface area contributed by atoms with Gasteiger partial charge in [-0.25, -0.2) is 8.78 Å². The van der Waals surface area contributed by atoms with Crippen LogP contribution in [0.15, 0.2) is 42.6 Å². The third-order valence-corrected chi connectivity index (χ3v) is 7.36. The molecule has 9 heteroatoms. The van der Waals surface area contributed by atoms with Crippen LogP contribution in [0.3, 0.4) is 0 Å². The van der Waals surface area contributed by atoms with Crippen molar-refractivity contribution in [2.45, 2.75) is 32.1 Å². The topological polar surface area (TPSA) is 74.7 Å². The van der Waals surface area contributed by atoms with Crippen molar-refractivity contribution in [1.82, 2.24) is 9.88 Å². The number of hydrogen-bond acceptors (Lipinski definition) is 6. The molecule has 36 heavy (non-hydrogen) atoms. The second kappa shape index (κ2) is 11.4. The number of carbonyl (C=O) groups is 1. The minimum Gasteiger partial charge on any atom is -0.550 e. The molecule has 3 aromatic rings. The van der Waals surface area contributed by atoms with E-state index in [1.807, 2.05) is 23.1 Å². The highest BCUT2D eigenvalue weighted by Crippen LogP contribution is 2.37. The second-order valence-corrected chi connectivity index (χ2v) is 9.54. The van der Waals surface area contributed by atoms with Gasteiger partial charge in [0.1, 0.15) is 12.4 Å². The molecule has 2 heterocycles. The number of ether oxygens (including phenoxy) is 2. The van der Waals surface area contributed by atoms with Crippen LogP contribution < -0.4 is 14.6 Å². The molecule has 1 aliphatic heterocycles. The highest BCUT2D eigenvalue weighted by molar-refractivity contribution is 6.32. The average molecular weight is 518 g/mol. The maximum absolute atomic E-state index is 13.7. The van der Waals surface area contributed by atoms with Crippen molar-refractivity contribution in [2.24, 2.45) is 5.41 Å². The lowest BCUT2D eigenvalue weighted by molar-refractivity contribution is -0.321. The first kappa shape index (κ1) is 26.1. The fraction of sp³-hybridized carbons (Fsp3) is 0.407. The first-order valence-electron chi connectivity index (χ1n) is 11.9. The molecule has 0 unspecified atom stereocenters. The van der Waals surface area contributed by atoms with Crippen LogP contribution >= 0.6 is 11.6 Å². The van der Waals surface area contributed by atoms with E-state index in [-0.39, 0.29) is 6.61 Å². The first-order chi connectivity index (χ1) is 17.3. The molecule has 1 saturated heterocycles. The lowest BCUT2D eigenvalue weighted by Crippen LogP contribution is -2.50. The lowest BCUT2D eigenvalue weighted by atomic mass is 9.74. The van der Waals surface area contributed by atoms with Gasteiger partial charge >= 0.3 is 0 Å². The Labute approximate surface area is 213 Å². The predicted octanol–water partition coefficient (Wildman–Crippen LogP) is 4.41. The normalized spacial score (nSPS) is 15.7. The summed E-state index contributed by atoms with van der Waals surface area (Å²) in [5, 5.41) is 13.6. The van der Waals surface area contributed by atoms with Gasteiger partial charge in [-0.3, -0.25) is 9.88 Å². The Morgan fingerprint density at radius 1 is 1.19 bits per heavy atom. The molecular formula is C27H28ClF2N2O4-. The van der Waals surface area contributed by atoms with E-state index in [4.69, 9.17) is 21.1 Å². The van der Waals surface area contributed by atoms with Crippen molar-refractivity contribution in [2.75, 3.05) is 33.4 Å². The van der Waals surface area contributed by atoms with E-state index in [1.54, 1.807) is 13.3 Å². The van der Waals surface area contributed by atoms with E-state index >= 15 is 0 Å². The summed E-state index contributed by atoms with van der Waals surface area (Å²) in [7, 11) is 1.60. The zero-order chi connectivity index (χ0) is 25.7. The van der Waals surface area contributed by atoms with E-state index in [9.17, 15) is 18.7 Å². The molecule has 192 valence electrons. The summed E-state index contributed by atoms with van der Waals surface area (Å²) in [5.41, 5.74) is 0.793. The third-order valence-electron chi connectivity index (χ3n) is 7.04. The Hall–Kier alpha value is -2.97. The first-order valence-corrected chi connectivity index (χ1v) is 12.3. The standard InChI is InChI=1S/C27H29ClF2N2O4/c1-35-18-7-8-24-20(16-18)19(21(28)17-31-24)4-3-9-27(26(33)34)10-12-32(13-11-27)14-15-36-25-22(29)5-2-6-23(25)30/h2,5-8,16-17H,3-4,9-15H2,1H3,(H,33,34)/p-1. The fourth-order valence-corrected chi connectivity index (χ4v) is 5.09. The number of aryl methyl sites for hydroxylation is 1. The number of methoxy groups -OCH3 is 1. The van der Waals surface area contributed by atoms with Crippen LogP contribution in [-0.2, 0) is 11.2 Å². The number of para-hydroxylation sites is 1. The van der Waals surface area contributed by atoms with E-state index in [1.165, 1.54) is 6.07 Å². The number of halogens is 3. The van der Waals surface area contributed by atoms with E-state index < -0.39 is 28.8 Å². The van der Waals surface area contributed by atoms with Gasteiger partial charge in [-0.1, -0.05) is 17.7 Å². The Morgan fingerprint density at radius 2 is 1.92 bits per heavy atom. The predicted molar refractivity (Wildman–Crippen MR) is 131 cm³/mol. The largest absolute Gasteiger partial charge is 0.550 e. The zero-order valence-corrected chi connectivity index (χ0v) is 20.8. The van der Waals surface area contributed by atoms with Gasteiger partial charge in [-0.15, -0.1) is 0 Å². The Bertz CT molecular complexity index is 1210. The van der Waals surface area contributed by atoms with Crippen LogP contribution in [0.1, 0.15) is 31.2 Å². The summed E-state index contributed by atoms with van der Waals surface area (Å²) in [5.74, 6) is -2.22. The Balaban J connectivity index is 1.34. The number of rotatable bonds is 10. The summed E-state index contributed by atoms with van der Waals surface area (Å²) < 4.78 is 38.1. The van der Waals surface area contributed by atoms with Gasteiger partial charge in [0.15, 0.2) is 17.4 Å². The number of hydrogen-bond donors (Lipinski definition) is 0. The molecule has 6 nitrogen and oxygen atoms in total. The van der Waals surface area contributed by atoms with Crippen LogP contribution in [-0.4, -0.2) is 49.2 Å². The molecule has 4 rings (SSSR count). The van der Waals surface area contributed by atoms with Crippen molar-refractivity contribution >= 4 is 28.5 Å². The van der Waals surface area contributed by atoms with Gasteiger partial charge in [0, 0.05) is 29.5 Å². The van der Waals surface area contributed by atoms with Gasteiger partial charge in [0.25, 0.3) is 0 Å². The minimum absolute atomic E-state index is 0.104. The average Bonchev–Trinajstić information content (AvgIpc) is 2.87. The fourth-order valence-electron chi connectivity index (χ4n) is 4.84. The molecular weight excluding hydrogens is 490 g/mol. The molecule has 0 atom stereocenters. The number of likely N-dealkylation sites (tertiary alicyclic amines) is 1. The summed E-state index contributed by atoms with van der Waals surface area (Å²) in [6, 6.07) is 9.17. The number of aliphatic carboxylic acids is 1. The van der Waals surface area contributed by atoms with E-state index in [0.717, 1.165) is 28.6 Å². The van der Waals surface area contributed by atoms with Gasteiger partial charge in [0.2, 0.25) is 0 Å². The van der Waals surface area contributed by atoms with Crippen LogP contribution in [0.4, 0.5) is 8.78 Å². The summed E-state index contributed by atoms with van der Waals surface area (Å²) in [4.78, 5) is 18.6. The van der Waals surface area contributed by atoms with Crippen molar-refractivity contribution in [3.8, 4) is 11.5 Å². The van der Waals surface area contributed by atoms with Crippen LogP contribution in [0.2, 0.25) is 5.02 Å². The SMILES string of the molecule is COc1ccc2ncc(Cl)c(CCCC3(C(=O)[O-])CCN(CCOc4c(F)cccc4F)CC3)c2c1. The van der Waals surface area contributed by atoms with Gasteiger partial charge in [0.05, 0.1) is 17.6 Å². The molecule has 0 N–H and O–H groups in total. The highest BCUT2D eigenvalue weighted by atomic mass is 35.5. The van der Waals surface area contributed by atoms with Crippen molar-refractivity contribution in [1.29, 1.82) is 0 Å². The minimum atomic E-state index is -1.04. The number of benzene rings is 2. The second-order valence-electron chi connectivity index (χ2n) is 9.13. The number of fused-ring (bicyclic) bond motifs is 1. The highest BCUT2D eigenvalue weighted by Gasteiger charge is 2.35. The molecule has 0 bridgehead atoms. The molecule has 1 aliphatic rings. The molecule has 1 aromatic heterocycles. The lowest BCUT2D eigenvalue weighted by Gasteiger charge is -2.42. The smallest absolute Gasteiger partial charge is 0.190 e. The van der Waals surface area contributed by atoms with Crippen molar-refractivity contribution in [3.05, 3.63) is 64.8 Å². The number of aromatic nitrogens is 1. The number of carbonyl (C=O) groups excluding carboxylic acids is 1. The summed E-state index contributed by atoms with van der Waals surface area (Å²) in [6.07, 6.45) is 4.17. The molecule has 0 aliphatic carbocycles. The van der Waals surface area contributed by atoms with Crippen LogP contribution in [0.25, 0.3) is 10.9 Å². The van der Waals surface area contributed by atoms with Crippen LogP contribution in [0, 0.1) is 17.0 Å². The maximum atomic E-state index is 13.7. The number of pyridine rings is 1. The molecule has 0 spiro atoms. The van der Waals surface area contributed by atoms with E-state index in [0.29, 0.717) is 62.5 Å². The third kappa shape index (κ3) is 5.71. The zero-order valence-electron chi connectivity index (χ0n) is 20.1. The summed E-state index contributed by atoms with van der Waals surface area (Å²) in [6.45, 7) is 1.62. The van der Waals surface area contributed by atoms with Gasteiger partial charge < -0.3 is 19.4 Å². The maximum Gasteiger partial charge on any atom is 0.190 e. The van der Waals surface area contributed by atoms with Crippen molar-refractivity contribution < 1.29 is 28.2 Å². The number of carboxylic acids is 1. The number of nitrogens with zero attached hydrogens (tertiary/aromatic N) is 2. The molecule has 1 fully saturated rings. The number of piperidine rings is 1. The monoisotopic (exact) mass is 517 g/mol. The Morgan fingerprint density at radius 3 is 2.58 bits per heavy atom. The van der Waals surface area contributed by atoms with Gasteiger partial charge in [-0.05, 0) is 81.1 Å². The number of carboxylic acid groups (broad SMARTS) is 1. The molecule has 0 radical (unpaired) electrons. The van der Waals surface area contributed by atoms with Crippen LogP contribution in [0.5, 0.6) is 11.5 Å². The Kier molecular flexibility index (Phi) is 8.26. The van der Waals surface area contributed by atoms with E-state index in [2.05, 4.69) is 4.98 Å². The summed E-state index contributed by atoms with van der Waals surface area (Å²) >= 11 is 6.45. The van der Waals surface area contributed by atoms with Crippen molar-refractivity contribution in [3.63, 3.8) is 0 Å².